The normalized spacial score (nSPS) is 12.3. The van der Waals surface area contributed by atoms with Gasteiger partial charge in [0.1, 0.15) is 0 Å². The second-order valence-electron chi connectivity index (χ2n) is 5.83. The van der Waals surface area contributed by atoms with E-state index in [1.54, 1.807) is 24.3 Å². The molecule has 1 aliphatic rings. The second-order valence-corrected chi connectivity index (χ2v) is 5.83. The lowest BCUT2D eigenvalue weighted by molar-refractivity contribution is 0.282. The molecule has 0 saturated carbocycles. The van der Waals surface area contributed by atoms with Crippen molar-refractivity contribution in [1.82, 2.24) is 0 Å². The minimum atomic E-state index is 0.0836. The molecule has 3 rings (SSSR count). The quantitative estimate of drug-likeness (QED) is 0.659. The van der Waals surface area contributed by atoms with Crippen LogP contribution < -0.4 is 5.73 Å². The summed E-state index contributed by atoms with van der Waals surface area (Å²) in [4.78, 5) is 0. The number of aliphatic hydroxyl groups is 1. The predicted octanol–water partition coefficient (Wildman–Crippen LogP) is 4.79. The molecular weight excluding hydrogens is 296 g/mol. The third kappa shape index (κ3) is 5.50. The number of nitrogens with one attached hydrogen (secondary N) is 1. The summed E-state index contributed by atoms with van der Waals surface area (Å²) in [7, 11) is 0. The number of anilines is 1. The van der Waals surface area contributed by atoms with Crippen molar-refractivity contribution < 1.29 is 5.11 Å². The molecule has 0 unspecified atom stereocenters. The number of nitrogens with two attached hydrogens (primary N) is 1. The summed E-state index contributed by atoms with van der Waals surface area (Å²) in [5, 5.41) is 16.4. The highest BCUT2D eigenvalue weighted by atomic mass is 16.3. The van der Waals surface area contributed by atoms with E-state index in [0.29, 0.717) is 0 Å². The molecule has 0 fully saturated rings. The highest BCUT2D eigenvalue weighted by Gasteiger charge is 2.14. The monoisotopic (exact) mass is 326 g/mol. The van der Waals surface area contributed by atoms with Crippen LogP contribution in [0.5, 0.6) is 0 Å². The molecule has 0 amide bonds. The SMILES string of the molecule is CC.Cc1cc2c(cc1C)C(=N)CCC2.Nc1ccc(CO)cc1. The van der Waals surface area contributed by atoms with E-state index in [2.05, 4.69) is 26.0 Å². The van der Waals surface area contributed by atoms with Crippen molar-refractivity contribution in [3.63, 3.8) is 0 Å². The molecule has 0 aliphatic heterocycles. The molecule has 0 atom stereocenters. The minimum absolute atomic E-state index is 0.0836. The van der Waals surface area contributed by atoms with Gasteiger partial charge in [-0.2, -0.15) is 0 Å². The molecule has 0 bridgehead atoms. The molecule has 130 valence electrons. The van der Waals surface area contributed by atoms with Crippen molar-refractivity contribution >= 4 is 11.4 Å². The Labute approximate surface area is 146 Å². The van der Waals surface area contributed by atoms with Crippen LogP contribution in [0.15, 0.2) is 36.4 Å². The Kier molecular flexibility index (Phi) is 8.20. The molecule has 3 nitrogen and oxygen atoms in total. The van der Waals surface area contributed by atoms with Gasteiger partial charge >= 0.3 is 0 Å². The van der Waals surface area contributed by atoms with Gasteiger partial charge in [-0.3, -0.25) is 0 Å². The maximum absolute atomic E-state index is 8.59. The molecule has 24 heavy (non-hydrogen) atoms. The Bertz CT molecular complexity index is 660. The minimum Gasteiger partial charge on any atom is -0.399 e. The number of benzene rings is 2. The fourth-order valence-electron chi connectivity index (χ4n) is 2.58. The van der Waals surface area contributed by atoms with E-state index in [1.165, 1.54) is 22.3 Å². The van der Waals surface area contributed by atoms with E-state index in [9.17, 15) is 0 Å². The number of aliphatic hydroxyl groups excluding tert-OH is 1. The van der Waals surface area contributed by atoms with Gasteiger partial charge in [-0.05, 0) is 79.1 Å². The molecule has 0 radical (unpaired) electrons. The van der Waals surface area contributed by atoms with Gasteiger partial charge in [0, 0.05) is 11.4 Å². The Morgan fingerprint density at radius 3 is 2.17 bits per heavy atom. The number of aryl methyl sites for hydroxylation is 3. The zero-order valence-electron chi connectivity index (χ0n) is 15.3. The number of hydrogen-bond acceptors (Lipinski definition) is 3. The first kappa shape index (κ1) is 19.9. The Morgan fingerprint density at radius 2 is 1.58 bits per heavy atom. The average molecular weight is 326 g/mol. The number of rotatable bonds is 1. The highest BCUT2D eigenvalue weighted by Crippen LogP contribution is 2.24. The summed E-state index contributed by atoms with van der Waals surface area (Å²) >= 11 is 0. The molecular formula is C21H30N2O. The maximum Gasteiger partial charge on any atom is 0.0681 e. The van der Waals surface area contributed by atoms with Crippen molar-refractivity contribution in [1.29, 1.82) is 5.41 Å². The first-order valence-electron chi connectivity index (χ1n) is 8.64. The summed E-state index contributed by atoms with van der Waals surface area (Å²) in [6.45, 7) is 8.35. The van der Waals surface area contributed by atoms with Gasteiger partial charge in [0.05, 0.1) is 6.61 Å². The number of nitrogen functional groups attached to an aromatic ring is 1. The number of fused-ring (bicyclic) bond motifs is 1. The van der Waals surface area contributed by atoms with E-state index >= 15 is 0 Å². The third-order valence-corrected chi connectivity index (χ3v) is 4.08. The zero-order valence-corrected chi connectivity index (χ0v) is 15.3. The zero-order chi connectivity index (χ0) is 18.1. The van der Waals surface area contributed by atoms with E-state index in [0.717, 1.165) is 36.2 Å². The van der Waals surface area contributed by atoms with Crippen LogP contribution in [0.4, 0.5) is 5.69 Å². The van der Waals surface area contributed by atoms with Gasteiger partial charge in [-0.1, -0.05) is 32.0 Å². The predicted molar refractivity (Wildman–Crippen MR) is 104 cm³/mol. The molecule has 4 N–H and O–H groups in total. The topological polar surface area (TPSA) is 70.1 Å². The van der Waals surface area contributed by atoms with Crippen LogP contribution in [0, 0.1) is 19.3 Å². The van der Waals surface area contributed by atoms with Gasteiger partial charge in [0.25, 0.3) is 0 Å². The Hall–Kier alpha value is -2.13. The van der Waals surface area contributed by atoms with Crippen LogP contribution in [-0.2, 0) is 13.0 Å². The molecule has 0 saturated heterocycles. The first-order valence-corrected chi connectivity index (χ1v) is 8.64. The summed E-state index contributed by atoms with van der Waals surface area (Å²) < 4.78 is 0. The van der Waals surface area contributed by atoms with Crippen molar-refractivity contribution in [2.45, 2.75) is 53.6 Å². The van der Waals surface area contributed by atoms with E-state index in [1.807, 2.05) is 13.8 Å². The number of hydrogen-bond donors (Lipinski definition) is 3. The summed E-state index contributed by atoms with van der Waals surface area (Å²) in [6, 6.07) is 11.6. The largest absolute Gasteiger partial charge is 0.399 e. The second kappa shape index (κ2) is 9.89. The summed E-state index contributed by atoms with van der Waals surface area (Å²) in [5.74, 6) is 0. The van der Waals surface area contributed by atoms with Crippen molar-refractivity contribution in [2.75, 3.05) is 5.73 Å². The molecule has 2 aromatic carbocycles. The van der Waals surface area contributed by atoms with Crippen molar-refractivity contribution in [3.05, 3.63) is 64.2 Å². The van der Waals surface area contributed by atoms with Crippen LogP contribution in [0.25, 0.3) is 0 Å². The highest BCUT2D eigenvalue weighted by molar-refractivity contribution is 6.00. The fourth-order valence-corrected chi connectivity index (χ4v) is 2.58. The van der Waals surface area contributed by atoms with E-state index in [4.69, 9.17) is 16.2 Å². The molecule has 0 spiro atoms. The third-order valence-electron chi connectivity index (χ3n) is 4.08. The fraction of sp³-hybridized carbons (Fsp3) is 0.381. The Morgan fingerprint density at radius 1 is 1.00 bits per heavy atom. The van der Waals surface area contributed by atoms with Crippen LogP contribution in [0.2, 0.25) is 0 Å². The lowest BCUT2D eigenvalue weighted by atomic mass is 9.87. The van der Waals surface area contributed by atoms with Crippen LogP contribution in [-0.4, -0.2) is 10.8 Å². The van der Waals surface area contributed by atoms with Gasteiger partial charge in [0.2, 0.25) is 0 Å². The standard InChI is InChI=1S/C12H15N.C7H9NO.C2H6/c1-8-6-10-4-3-5-12(13)11(10)7-9(8)2;8-7-3-1-6(5-9)2-4-7;1-2/h6-7,13H,3-5H2,1-2H3;1-4,9H,5,8H2;1-2H3. The van der Waals surface area contributed by atoms with Crippen molar-refractivity contribution in [2.24, 2.45) is 0 Å². The molecule has 1 aliphatic carbocycles. The summed E-state index contributed by atoms with van der Waals surface area (Å²) in [5.41, 5.74) is 13.1. The molecule has 2 aromatic rings. The van der Waals surface area contributed by atoms with Crippen LogP contribution >= 0.6 is 0 Å². The molecule has 0 heterocycles. The first-order chi connectivity index (χ1) is 11.5. The average Bonchev–Trinajstić information content (AvgIpc) is 2.60. The van der Waals surface area contributed by atoms with Crippen LogP contribution in [0.3, 0.4) is 0 Å². The lowest BCUT2D eigenvalue weighted by Gasteiger charge is -2.18. The maximum atomic E-state index is 8.59. The van der Waals surface area contributed by atoms with E-state index in [-0.39, 0.29) is 6.61 Å². The summed E-state index contributed by atoms with van der Waals surface area (Å²) in [6.07, 6.45) is 3.25. The molecule has 3 heteroatoms. The van der Waals surface area contributed by atoms with Gasteiger partial charge in [-0.25, -0.2) is 0 Å². The smallest absolute Gasteiger partial charge is 0.0681 e. The Balaban J connectivity index is 0.000000230. The molecule has 0 aromatic heterocycles. The lowest BCUT2D eigenvalue weighted by Crippen LogP contribution is -2.11. The van der Waals surface area contributed by atoms with Gasteiger partial charge in [0.15, 0.2) is 0 Å². The van der Waals surface area contributed by atoms with Gasteiger partial charge < -0.3 is 16.2 Å². The van der Waals surface area contributed by atoms with Gasteiger partial charge in [-0.15, -0.1) is 0 Å². The van der Waals surface area contributed by atoms with Crippen molar-refractivity contribution in [3.8, 4) is 0 Å². The van der Waals surface area contributed by atoms with Crippen LogP contribution in [0.1, 0.15) is 54.5 Å². The van der Waals surface area contributed by atoms with E-state index < -0.39 is 0 Å².